The molecule has 0 aliphatic heterocycles. The Morgan fingerprint density at radius 1 is 1.56 bits per heavy atom. The lowest BCUT2D eigenvalue weighted by Gasteiger charge is -2.24. The van der Waals surface area contributed by atoms with Crippen LogP contribution < -0.4 is 10.2 Å². The first kappa shape index (κ1) is 12.6. The molecule has 0 aromatic heterocycles. The van der Waals surface area contributed by atoms with Crippen LogP contribution in [0.4, 0.5) is 10.1 Å². The minimum absolute atomic E-state index is 0.0596. The molecule has 3 nitrogen and oxygen atoms in total. The van der Waals surface area contributed by atoms with Crippen LogP contribution in [0.1, 0.15) is 13.8 Å². The smallest absolute Gasteiger partial charge is 0.243 e. The van der Waals surface area contributed by atoms with E-state index >= 15 is 0 Å². The summed E-state index contributed by atoms with van der Waals surface area (Å²) in [4.78, 5) is 13.5. The summed E-state index contributed by atoms with van der Waals surface area (Å²) in [6.07, 6.45) is 0. The Balaban J connectivity index is 2.94. The van der Waals surface area contributed by atoms with Gasteiger partial charge in [0.15, 0.2) is 0 Å². The van der Waals surface area contributed by atoms with Gasteiger partial charge in [-0.25, -0.2) is 4.39 Å². The summed E-state index contributed by atoms with van der Waals surface area (Å²) < 4.78 is 13.1. The summed E-state index contributed by atoms with van der Waals surface area (Å²) in [6, 6.07) is 5.79. The molecule has 1 aromatic rings. The SMILES string of the molecule is CCN(C(=O)C(C)NC)c1cccc(F)c1. The van der Waals surface area contributed by atoms with E-state index in [2.05, 4.69) is 5.32 Å². The molecule has 0 heterocycles. The van der Waals surface area contributed by atoms with Gasteiger partial charge in [0.1, 0.15) is 5.82 Å². The van der Waals surface area contributed by atoms with Crippen molar-refractivity contribution in [3.8, 4) is 0 Å². The van der Waals surface area contributed by atoms with Gasteiger partial charge in [-0.15, -0.1) is 0 Å². The first-order chi connectivity index (χ1) is 7.60. The molecule has 0 spiro atoms. The van der Waals surface area contributed by atoms with Gasteiger partial charge in [-0.05, 0) is 39.1 Å². The molecule has 88 valence electrons. The number of nitrogens with zero attached hydrogens (tertiary/aromatic N) is 1. The number of nitrogens with one attached hydrogen (secondary N) is 1. The van der Waals surface area contributed by atoms with Crippen molar-refractivity contribution in [3.05, 3.63) is 30.1 Å². The van der Waals surface area contributed by atoms with E-state index in [1.807, 2.05) is 6.92 Å². The van der Waals surface area contributed by atoms with Gasteiger partial charge >= 0.3 is 0 Å². The van der Waals surface area contributed by atoms with Crippen LogP contribution in [0, 0.1) is 5.82 Å². The Bertz CT molecular complexity index is 368. The minimum atomic E-state index is -0.333. The molecule has 0 aliphatic carbocycles. The lowest BCUT2D eigenvalue weighted by molar-refractivity contribution is -0.120. The number of carbonyl (C=O) groups is 1. The number of likely N-dealkylation sites (N-methyl/N-ethyl adjacent to an activating group) is 2. The second kappa shape index (κ2) is 5.61. The monoisotopic (exact) mass is 224 g/mol. The van der Waals surface area contributed by atoms with Gasteiger partial charge in [0.2, 0.25) is 5.91 Å². The predicted octanol–water partition coefficient (Wildman–Crippen LogP) is 1.79. The maximum atomic E-state index is 13.1. The number of carbonyl (C=O) groups excluding carboxylic acids is 1. The molecular weight excluding hydrogens is 207 g/mol. The van der Waals surface area contributed by atoms with E-state index in [0.717, 1.165) is 0 Å². The van der Waals surface area contributed by atoms with Crippen molar-refractivity contribution < 1.29 is 9.18 Å². The zero-order chi connectivity index (χ0) is 12.1. The number of hydrogen-bond donors (Lipinski definition) is 1. The third kappa shape index (κ3) is 2.79. The highest BCUT2D eigenvalue weighted by Crippen LogP contribution is 2.16. The van der Waals surface area contributed by atoms with E-state index in [0.29, 0.717) is 12.2 Å². The van der Waals surface area contributed by atoms with Crippen molar-refractivity contribution in [1.82, 2.24) is 5.32 Å². The fraction of sp³-hybridized carbons (Fsp3) is 0.417. The Hall–Kier alpha value is -1.42. The molecule has 16 heavy (non-hydrogen) atoms. The van der Waals surface area contributed by atoms with Crippen molar-refractivity contribution in [2.24, 2.45) is 0 Å². The van der Waals surface area contributed by atoms with E-state index in [1.54, 1.807) is 31.0 Å². The van der Waals surface area contributed by atoms with Crippen LogP contribution in [0.25, 0.3) is 0 Å². The van der Waals surface area contributed by atoms with Crippen molar-refractivity contribution in [1.29, 1.82) is 0 Å². The predicted molar refractivity (Wildman–Crippen MR) is 62.9 cm³/mol. The molecule has 1 rings (SSSR count). The summed E-state index contributed by atoms with van der Waals surface area (Å²) in [5.74, 6) is -0.392. The summed E-state index contributed by atoms with van der Waals surface area (Å²) in [5, 5.41) is 2.88. The third-order valence-electron chi connectivity index (χ3n) is 2.51. The second-order valence-electron chi connectivity index (χ2n) is 3.57. The number of amides is 1. The van der Waals surface area contributed by atoms with Gasteiger partial charge in [0, 0.05) is 12.2 Å². The lowest BCUT2D eigenvalue weighted by atomic mass is 10.2. The zero-order valence-electron chi connectivity index (χ0n) is 9.83. The van der Waals surface area contributed by atoms with Gasteiger partial charge < -0.3 is 10.2 Å². The molecule has 0 radical (unpaired) electrons. The molecule has 1 N–H and O–H groups in total. The average Bonchev–Trinajstić information content (AvgIpc) is 2.29. The van der Waals surface area contributed by atoms with Crippen LogP contribution in [0.15, 0.2) is 24.3 Å². The standard InChI is InChI=1S/C12H17FN2O/c1-4-15(12(16)9(2)14-3)11-7-5-6-10(13)8-11/h5-9,14H,4H2,1-3H3. The van der Waals surface area contributed by atoms with Crippen molar-refractivity contribution in [2.75, 3.05) is 18.5 Å². The van der Waals surface area contributed by atoms with Crippen molar-refractivity contribution in [3.63, 3.8) is 0 Å². The molecular formula is C12H17FN2O. The third-order valence-corrected chi connectivity index (χ3v) is 2.51. The van der Waals surface area contributed by atoms with Crippen LogP contribution in [0.2, 0.25) is 0 Å². The maximum absolute atomic E-state index is 13.1. The molecule has 0 bridgehead atoms. The zero-order valence-corrected chi connectivity index (χ0v) is 9.83. The summed E-state index contributed by atoms with van der Waals surface area (Å²) in [7, 11) is 1.72. The van der Waals surface area contributed by atoms with E-state index in [1.165, 1.54) is 12.1 Å². The normalized spacial score (nSPS) is 12.2. The Morgan fingerprint density at radius 3 is 2.75 bits per heavy atom. The number of rotatable bonds is 4. The number of halogens is 1. The average molecular weight is 224 g/mol. The van der Waals surface area contributed by atoms with Crippen molar-refractivity contribution >= 4 is 11.6 Å². The second-order valence-corrected chi connectivity index (χ2v) is 3.57. The highest BCUT2D eigenvalue weighted by Gasteiger charge is 2.19. The summed E-state index contributed by atoms with van der Waals surface area (Å²) in [5.41, 5.74) is 0.592. The maximum Gasteiger partial charge on any atom is 0.243 e. The molecule has 1 unspecified atom stereocenters. The number of benzene rings is 1. The highest BCUT2D eigenvalue weighted by molar-refractivity contribution is 5.96. The van der Waals surface area contributed by atoms with Gasteiger partial charge in [-0.1, -0.05) is 6.07 Å². The first-order valence-corrected chi connectivity index (χ1v) is 5.34. The minimum Gasteiger partial charge on any atom is -0.311 e. The number of hydrogen-bond acceptors (Lipinski definition) is 2. The molecule has 0 saturated carbocycles. The van der Waals surface area contributed by atoms with E-state index in [9.17, 15) is 9.18 Å². The van der Waals surface area contributed by atoms with Crippen LogP contribution in [-0.4, -0.2) is 25.5 Å². The Kier molecular flexibility index (Phi) is 4.43. The number of anilines is 1. The quantitative estimate of drug-likeness (QED) is 0.845. The first-order valence-electron chi connectivity index (χ1n) is 5.34. The van der Waals surface area contributed by atoms with Gasteiger partial charge in [0.05, 0.1) is 6.04 Å². The fourth-order valence-corrected chi connectivity index (χ4v) is 1.47. The summed E-state index contributed by atoms with van der Waals surface area (Å²) in [6.45, 7) is 4.17. The van der Waals surface area contributed by atoms with Crippen LogP contribution in [0.5, 0.6) is 0 Å². The molecule has 4 heteroatoms. The van der Waals surface area contributed by atoms with E-state index in [-0.39, 0.29) is 17.8 Å². The molecule has 1 amide bonds. The van der Waals surface area contributed by atoms with Crippen LogP contribution in [-0.2, 0) is 4.79 Å². The largest absolute Gasteiger partial charge is 0.311 e. The molecule has 0 fully saturated rings. The molecule has 0 saturated heterocycles. The topological polar surface area (TPSA) is 32.3 Å². The van der Waals surface area contributed by atoms with Gasteiger partial charge in [0.25, 0.3) is 0 Å². The fourth-order valence-electron chi connectivity index (χ4n) is 1.47. The summed E-state index contributed by atoms with van der Waals surface area (Å²) >= 11 is 0. The van der Waals surface area contributed by atoms with E-state index < -0.39 is 0 Å². The molecule has 1 atom stereocenters. The van der Waals surface area contributed by atoms with E-state index in [4.69, 9.17) is 0 Å². The Labute approximate surface area is 95.3 Å². The Morgan fingerprint density at radius 2 is 2.25 bits per heavy atom. The highest BCUT2D eigenvalue weighted by atomic mass is 19.1. The molecule has 0 aliphatic rings. The van der Waals surface area contributed by atoms with Gasteiger partial charge in [-0.2, -0.15) is 0 Å². The van der Waals surface area contributed by atoms with Gasteiger partial charge in [-0.3, -0.25) is 4.79 Å². The molecule has 1 aromatic carbocycles. The van der Waals surface area contributed by atoms with Crippen LogP contribution >= 0.6 is 0 Å². The lowest BCUT2D eigenvalue weighted by Crippen LogP contribution is -2.43. The van der Waals surface area contributed by atoms with Crippen LogP contribution in [0.3, 0.4) is 0 Å². The van der Waals surface area contributed by atoms with Crippen molar-refractivity contribution in [2.45, 2.75) is 19.9 Å².